The number of rotatable bonds is 12. The predicted molar refractivity (Wildman–Crippen MR) is 122 cm³/mol. The first-order valence-corrected chi connectivity index (χ1v) is 11.5. The maximum absolute atomic E-state index is 13.0. The van der Waals surface area contributed by atoms with Gasteiger partial charge in [-0.3, -0.25) is 9.52 Å². The van der Waals surface area contributed by atoms with Crippen molar-refractivity contribution < 1.29 is 32.2 Å². The number of hydrogen-bond acceptors (Lipinski definition) is 7. The number of ether oxygens (including phenoxy) is 4. The zero-order valence-electron chi connectivity index (χ0n) is 18.4. The minimum Gasteiger partial charge on any atom is -0.495 e. The molecule has 0 spiro atoms. The molecule has 176 valence electrons. The molecule has 0 aliphatic rings. The van der Waals surface area contributed by atoms with Crippen LogP contribution in [-0.2, 0) is 19.5 Å². The van der Waals surface area contributed by atoms with Crippen molar-refractivity contribution in [2.75, 3.05) is 52.4 Å². The summed E-state index contributed by atoms with van der Waals surface area (Å²) in [5.74, 6) is 0.167. The molecule has 32 heavy (non-hydrogen) atoms. The molecule has 0 saturated carbocycles. The summed E-state index contributed by atoms with van der Waals surface area (Å²) in [6, 6.07) is 7.16. The second-order valence-electron chi connectivity index (χ2n) is 6.63. The van der Waals surface area contributed by atoms with Crippen LogP contribution < -0.4 is 19.5 Å². The number of halogens is 1. The van der Waals surface area contributed by atoms with Gasteiger partial charge in [0.25, 0.3) is 15.9 Å². The Balaban J connectivity index is 2.19. The van der Waals surface area contributed by atoms with Crippen LogP contribution >= 0.6 is 11.6 Å². The Bertz CT molecular complexity index is 1040. The van der Waals surface area contributed by atoms with Crippen molar-refractivity contribution in [1.82, 2.24) is 5.32 Å². The number of benzene rings is 2. The highest BCUT2D eigenvalue weighted by Crippen LogP contribution is 2.37. The molecule has 0 aliphatic carbocycles. The molecule has 0 unspecified atom stereocenters. The summed E-state index contributed by atoms with van der Waals surface area (Å²) in [5, 5.41) is 2.92. The lowest BCUT2D eigenvalue weighted by molar-refractivity contribution is 0.0692. The highest BCUT2D eigenvalue weighted by Gasteiger charge is 2.21. The van der Waals surface area contributed by atoms with Crippen LogP contribution in [0.1, 0.15) is 15.9 Å². The first-order chi connectivity index (χ1) is 15.2. The number of carbonyl (C=O) groups is 1. The molecule has 2 aromatic rings. The number of amides is 1. The van der Waals surface area contributed by atoms with E-state index in [9.17, 15) is 13.2 Å². The molecule has 0 radical (unpaired) electrons. The van der Waals surface area contributed by atoms with Gasteiger partial charge in [-0.2, -0.15) is 0 Å². The first-order valence-electron chi connectivity index (χ1n) is 9.63. The van der Waals surface area contributed by atoms with Gasteiger partial charge in [0.1, 0.15) is 11.5 Å². The highest BCUT2D eigenvalue weighted by atomic mass is 35.5. The predicted octanol–water partition coefficient (Wildman–Crippen LogP) is 2.86. The van der Waals surface area contributed by atoms with E-state index in [4.69, 9.17) is 30.5 Å². The Morgan fingerprint density at radius 2 is 1.72 bits per heavy atom. The summed E-state index contributed by atoms with van der Waals surface area (Å²) < 4.78 is 48.9. The zero-order valence-corrected chi connectivity index (χ0v) is 19.9. The average molecular weight is 487 g/mol. The number of anilines is 1. The van der Waals surface area contributed by atoms with Crippen molar-refractivity contribution in [2.45, 2.75) is 11.8 Å². The molecule has 0 bridgehead atoms. The third-order valence-corrected chi connectivity index (χ3v) is 6.10. The monoisotopic (exact) mass is 486 g/mol. The van der Waals surface area contributed by atoms with E-state index in [1.54, 1.807) is 20.1 Å². The van der Waals surface area contributed by atoms with E-state index >= 15 is 0 Å². The first kappa shape index (κ1) is 25.7. The molecule has 0 saturated heterocycles. The molecule has 0 fully saturated rings. The van der Waals surface area contributed by atoms with Gasteiger partial charge in [-0.05, 0) is 30.7 Å². The summed E-state index contributed by atoms with van der Waals surface area (Å²) in [6.07, 6.45) is 0. The fourth-order valence-electron chi connectivity index (χ4n) is 2.73. The fraction of sp³-hybridized carbons (Fsp3) is 0.381. The number of nitrogens with one attached hydrogen (secondary N) is 2. The maximum atomic E-state index is 13.0. The summed E-state index contributed by atoms with van der Waals surface area (Å²) in [5.41, 5.74) is 1.01. The number of hydrogen-bond donors (Lipinski definition) is 2. The second kappa shape index (κ2) is 11.9. The molecular formula is C21H27ClN2O7S. The van der Waals surface area contributed by atoms with Gasteiger partial charge in [0, 0.05) is 25.3 Å². The average Bonchev–Trinajstić information content (AvgIpc) is 2.76. The van der Waals surface area contributed by atoms with Crippen LogP contribution in [0, 0.1) is 6.92 Å². The van der Waals surface area contributed by atoms with Gasteiger partial charge in [0.2, 0.25) is 0 Å². The fourth-order valence-corrected chi connectivity index (χ4v) is 4.06. The molecule has 1 amide bonds. The van der Waals surface area contributed by atoms with E-state index in [1.165, 1.54) is 38.5 Å². The van der Waals surface area contributed by atoms with Gasteiger partial charge >= 0.3 is 0 Å². The molecule has 0 atom stereocenters. The van der Waals surface area contributed by atoms with Crippen molar-refractivity contribution in [3.63, 3.8) is 0 Å². The van der Waals surface area contributed by atoms with E-state index < -0.39 is 15.9 Å². The Labute approximate surface area is 193 Å². The Morgan fingerprint density at radius 3 is 2.38 bits per heavy atom. The van der Waals surface area contributed by atoms with Crippen molar-refractivity contribution in [2.24, 2.45) is 0 Å². The summed E-state index contributed by atoms with van der Waals surface area (Å²) in [7, 11) is 0.370. The lowest BCUT2D eigenvalue weighted by Crippen LogP contribution is -2.28. The Hall–Kier alpha value is -2.53. The molecule has 0 aliphatic heterocycles. The minimum absolute atomic E-state index is 0.0846. The van der Waals surface area contributed by atoms with Crippen LogP contribution in [-0.4, -0.2) is 62.0 Å². The van der Waals surface area contributed by atoms with Crippen molar-refractivity contribution in [3.05, 3.63) is 46.5 Å². The second-order valence-corrected chi connectivity index (χ2v) is 8.72. The van der Waals surface area contributed by atoms with E-state index in [0.717, 1.165) is 0 Å². The van der Waals surface area contributed by atoms with Crippen LogP contribution in [0.2, 0.25) is 5.02 Å². The van der Waals surface area contributed by atoms with E-state index in [2.05, 4.69) is 10.0 Å². The highest BCUT2D eigenvalue weighted by molar-refractivity contribution is 7.92. The third kappa shape index (κ3) is 6.73. The Kier molecular flexibility index (Phi) is 9.58. The van der Waals surface area contributed by atoms with Gasteiger partial charge in [-0.1, -0.05) is 17.7 Å². The molecule has 11 heteroatoms. The largest absolute Gasteiger partial charge is 0.495 e. The van der Waals surface area contributed by atoms with Gasteiger partial charge in [0.15, 0.2) is 0 Å². The van der Waals surface area contributed by atoms with Crippen LogP contribution in [0.25, 0.3) is 0 Å². The van der Waals surface area contributed by atoms with Crippen molar-refractivity contribution in [3.8, 4) is 11.5 Å². The topological polar surface area (TPSA) is 112 Å². The summed E-state index contributed by atoms with van der Waals surface area (Å²) in [6.45, 7) is 3.19. The van der Waals surface area contributed by atoms with Gasteiger partial charge in [-0.25, -0.2) is 8.42 Å². The molecular weight excluding hydrogens is 460 g/mol. The minimum atomic E-state index is -4.04. The maximum Gasteiger partial charge on any atom is 0.262 e. The quantitative estimate of drug-likeness (QED) is 0.443. The SMILES string of the molecule is COCCOCCNC(=O)c1cc(S(=O)(=O)Nc2cc(Cl)c(OC)cc2OC)ccc1C. The van der Waals surface area contributed by atoms with E-state index in [0.29, 0.717) is 31.1 Å². The van der Waals surface area contributed by atoms with Crippen LogP contribution in [0.15, 0.2) is 35.2 Å². The molecule has 9 nitrogen and oxygen atoms in total. The molecule has 2 aromatic carbocycles. The number of carbonyl (C=O) groups excluding carboxylic acids is 1. The third-order valence-electron chi connectivity index (χ3n) is 4.45. The van der Waals surface area contributed by atoms with E-state index in [1.807, 2.05) is 0 Å². The number of aryl methyl sites for hydroxylation is 1. The normalized spacial score (nSPS) is 11.2. The molecule has 2 rings (SSSR count). The lowest BCUT2D eigenvalue weighted by atomic mass is 10.1. The van der Waals surface area contributed by atoms with Crippen LogP contribution in [0.5, 0.6) is 11.5 Å². The zero-order chi connectivity index (χ0) is 23.7. The van der Waals surface area contributed by atoms with E-state index in [-0.39, 0.29) is 33.5 Å². The number of methoxy groups -OCH3 is 3. The summed E-state index contributed by atoms with van der Waals surface area (Å²) in [4.78, 5) is 12.5. The van der Waals surface area contributed by atoms with Gasteiger partial charge in [-0.15, -0.1) is 0 Å². The van der Waals surface area contributed by atoms with Crippen LogP contribution in [0.4, 0.5) is 5.69 Å². The van der Waals surface area contributed by atoms with Crippen molar-refractivity contribution in [1.29, 1.82) is 0 Å². The molecule has 0 aromatic heterocycles. The summed E-state index contributed by atoms with van der Waals surface area (Å²) >= 11 is 6.12. The van der Waals surface area contributed by atoms with Crippen LogP contribution in [0.3, 0.4) is 0 Å². The van der Waals surface area contributed by atoms with Crippen molar-refractivity contribution >= 4 is 33.2 Å². The molecule has 0 heterocycles. The molecule has 2 N–H and O–H groups in total. The van der Waals surface area contributed by atoms with Gasteiger partial charge in [0.05, 0.1) is 49.6 Å². The standard InChI is InChI=1S/C21H27ClN2O7S/c1-14-5-6-15(11-16(14)21(25)23-7-8-31-10-9-28-2)32(26,27)24-18-12-17(22)19(29-3)13-20(18)30-4/h5-6,11-13,24H,7-10H2,1-4H3,(H,23,25). The number of sulfonamides is 1. The van der Waals surface area contributed by atoms with Gasteiger partial charge < -0.3 is 24.3 Å². The smallest absolute Gasteiger partial charge is 0.262 e. The Morgan fingerprint density at radius 1 is 1.00 bits per heavy atom. The lowest BCUT2D eigenvalue weighted by Gasteiger charge is -2.15.